The SMILES string of the molecule is CCNC(=O)N1CCC(NCc2cc(-c3ccccc3)cc3c2OCC3)C(c2ccccc2)C1.CCNC(=O)N1CCC(NCc2cc(-c3ccccc3)ccc2OC)C(c2ccccc2)C1. The monoisotopic (exact) mass is 899 g/mol. The smallest absolute Gasteiger partial charge is 0.317 e. The minimum absolute atomic E-state index is 0.0223. The molecule has 10 nitrogen and oxygen atoms in total. The minimum Gasteiger partial charge on any atom is -0.496 e. The molecule has 2 fully saturated rings. The highest BCUT2D eigenvalue weighted by atomic mass is 16.5. The van der Waals surface area contributed by atoms with Crippen LogP contribution in [0.4, 0.5) is 9.59 Å². The summed E-state index contributed by atoms with van der Waals surface area (Å²) >= 11 is 0. The van der Waals surface area contributed by atoms with E-state index in [9.17, 15) is 9.59 Å². The first-order chi connectivity index (χ1) is 32.9. The molecule has 4 amide bonds. The molecular formula is C57H66N6O4. The molecule has 6 aromatic rings. The number of rotatable bonds is 13. The number of nitrogens with zero attached hydrogens (tertiary/aromatic N) is 2. The van der Waals surface area contributed by atoms with Gasteiger partial charge in [0.05, 0.1) is 13.7 Å². The Balaban J connectivity index is 0.000000182. The van der Waals surface area contributed by atoms with Crippen molar-refractivity contribution >= 4 is 12.1 Å². The highest BCUT2D eigenvalue weighted by Gasteiger charge is 2.34. The topological polar surface area (TPSA) is 107 Å². The summed E-state index contributed by atoms with van der Waals surface area (Å²) in [5, 5.41) is 13.5. The molecule has 9 rings (SSSR count). The van der Waals surface area contributed by atoms with E-state index in [0.717, 1.165) is 62.6 Å². The lowest BCUT2D eigenvalue weighted by atomic mass is 9.85. The highest BCUT2D eigenvalue weighted by Crippen LogP contribution is 2.36. The van der Waals surface area contributed by atoms with Crippen molar-refractivity contribution in [1.82, 2.24) is 31.1 Å². The Bertz CT molecular complexity index is 2510. The van der Waals surface area contributed by atoms with E-state index in [4.69, 9.17) is 9.47 Å². The van der Waals surface area contributed by atoms with Crippen molar-refractivity contribution in [3.8, 4) is 33.8 Å². The second kappa shape index (κ2) is 23.2. The lowest BCUT2D eigenvalue weighted by molar-refractivity contribution is 0.165. The van der Waals surface area contributed by atoms with Crippen LogP contribution < -0.4 is 30.7 Å². The molecule has 0 aromatic heterocycles. The lowest BCUT2D eigenvalue weighted by Crippen LogP contribution is -2.52. The normalized spacial score (nSPS) is 18.7. The maximum Gasteiger partial charge on any atom is 0.317 e. The van der Waals surface area contributed by atoms with E-state index in [1.807, 2.05) is 47.9 Å². The largest absolute Gasteiger partial charge is 0.496 e. The van der Waals surface area contributed by atoms with Crippen molar-refractivity contribution in [3.63, 3.8) is 0 Å². The number of carbonyl (C=O) groups excluding carboxylic acids is 2. The first kappa shape index (κ1) is 46.9. The third-order valence-electron chi connectivity index (χ3n) is 13.4. The van der Waals surface area contributed by atoms with Crippen molar-refractivity contribution in [3.05, 3.63) is 179 Å². The number of nitrogens with one attached hydrogen (secondary N) is 4. The summed E-state index contributed by atoms with van der Waals surface area (Å²) in [6, 6.07) is 53.6. The number of fused-ring (bicyclic) bond motifs is 1. The van der Waals surface area contributed by atoms with Gasteiger partial charge in [0.15, 0.2) is 0 Å². The van der Waals surface area contributed by atoms with Crippen LogP contribution in [-0.4, -0.2) is 86.9 Å². The van der Waals surface area contributed by atoms with Gasteiger partial charge in [-0.1, -0.05) is 127 Å². The third kappa shape index (κ3) is 11.9. The Labute approximate surface area is 397 Å². The molecule has 4 N–H and O–H groups in total. The van der Waals surface area contributed by atoms with Gasteiger partial charge < -0.3 is 40.5 Å². The molecular weight excluding hydrogens is 833 g/mol. The van der Waals surface area contributed by atoms with Gasteiger partial charge in [0.2, 0.25) is 0 Å². The maximum absolute atomic E-state index is 12.5. The van der Waals surface area contributed by atoms with Gasteiger partial charge in [0.1, 0.15) is 11.5 Å². The number of urea groups is 2. The van der Waals surface area contributed by atoms with Crippen LogP contribution in [0.1, 0.15) is 66.3 Å². The number of likely N-dealkylation sites (tertiary alicyclic amines) is 2. The van der Waals surface area contributed by atoms with E-state index in [1.54, 1.807) is 7.11 Å². The molecule has 4 unspecified atom stereocenters. The van der Waals surface area contributed by atoms with E-state index in [2.05, 4.69) is 149 Å². The second-order valence-electron chi connectivity index (χ2n) is 17.6. The fourth-order valence-corrected chi connectivity index (χ4v) is 9.89. The minimum atomic E-state index is 0.0223. The van der Waals surface area contributed by atoms with E-state index in [0.29, 0.717) is 32.7 Å². The first-order valence-corrected chi connectivity index (χ1v) is 24.1. The molecule has 3 aliphatic rings. The van der Waals surface area contributed by atoms with Crippen LogP contribution in [0.2, 0.25) is 0 Å². The van der Waals surface area contributed by atoms with Gasteiger partial charge in [0, 0.05) is 93.8 Å². The van der Waals surface area contributed by atoms with Gasteiger partial charge in [0.25, 0.3) is 0 Å². The van der Waals surface area contributed by atoms with Crippen LogP contribution in [0.3, 0.4) is 0 Å². The van der Waals surface area contributed by atoms with E-state index in [1.165, 1.54) is 44.5 Å². The van der Waals surface area contributed by atoms with Crippen LogP contribution in [0.25, 0.3) is 22.3 Å². The van der Waals surface area contributed by atoms with Gasteiger partial charge in [-0.25, -0.2) is 9.59 Å². The predicted molar refractivity (Wildman–Crippen MR) is 270 cm³/mol. The molecule has 0 saturated carbocycles. The highest BCUT2D eigenvalue weighted by molar-refractivity contribution is 5.75. The second-order valence-corrected chi connectivity index (χ2v) is 17.6. The number of hydrogen-bond acceptors (Lipinski definition) is 6. The van der Waals surface area contributed by atoms with Crippen molar-refractivity contribution in [2.45, 2.75) is 70.1 Å². The molecule has 10 heteroatoms. The van der Waals surface area contributed by atoms with Crippen LogP contribution in [0.15, 0.2) is 152 Å². The Hall–Kier alpha value is -6.62. The summed E-state index contributed by atoms with van der Waals surface area (Å²) in [5.74, 6) is 2.40. The zero-order valence-electron chi connectivity index (χ0n) is 39.3. The third-order valence-corrected chi connectivity index (χ3v) is 13.4. The van der Waals surface area contributed by atoms with Gasteiger partial charge in [-0.3, -0.25) is 0 Å². The first-order valence-electron chi connectivity index (χ1n) is 24.1. The van der Waals surface area contributed by atoms with Crippen LogP contribution in [-0.2, 0) is 19.5 Å². The van der Waals surface area contributed by atoms with E-state index in [-0.39, 0.29) is 36.0 Å². The average Bonchev–Trinajstić information content (AvgIpc) is 3.88. The predicted octanol–water partition coefficient (Wildman–Crippen LogP) is 10.0. The quantitative estimate of drug-likeness (QED) is 0.0920. The molecule has 0 radical (unpaired) electrons. The van der Waals surface area contributed by atoms with Crippen LogP contribution >= 0.6 is 0 Å². The zero-order valence-corrected chi connectivity index (χ0v) is 39.3. The van der Waals surface area contributed by atoms with Gasteiger partial charge in [-0.05, 0) is 89.9 Å². The molecule has 3 aliphatic heterocycles. The van der Waals surface area contributed by atoms with Gasteiger partial charge >= 0.3 is 12.1 Å². The van der Waals surface area contributed by atoms with Crippen molar-refractivity contribution in [1.29, 1.82) is 0 Å². The van der Waals surface area contributed by atoms with Crippen LogP contribution in [0.5, 0.6) is 11.5 Å². The molecule has 4 atom stereocenters. The molecule has 0 spiro atoms. The van der Waals surface area contributed by atoms with Gasteiger partial charge in [-0.2, -0.15) is 0 Å². The summed E-state index contributed by atoms with van der Waals surface area (Å²) in [5.41, 5.74) is 11.0. The van der Waals surface area contributed by atoms with Crippen LogP contribution in [0, 0.1) is 0 Å². The fraction of sp³-hybridized carbons (Fsp3) is 0.333. The number of amides is 4. The average molecular weight is 899 g/mol. The standard InChI is InChI=1S/C29H33N3O2.C28H33N3O2/c1-2-30-29(33)32-15-13-27(26(20-32)22-11-7-4-8-12-22)31-19-25-18-24(21-9-5-3-6-10-21)17-23-14-16-34-28(23)25;1-3-29-28(32)31-17-16-26(25(20-31)22-12-8-5-9-13-22)30-19-24-18-23(14-15-27(24)33-2)21-10-6-4-7-11-21/h3-12,17-18,26-27,31H,2,13-16,19-20H2,1H3,(H,30,33);4-15,18,25-26,30H,3,16-17,19-20H2,1-2H3,(H,29,32). The summed E-state index contributed by atoms with van der Waals surface area (Å²) in [4.78, 5) is 28.9. The molecule has 3 heterocycles. The number of methoxy groups -OCH3 is 1. The Kier molecular flexibility index (Phi) is 16.2. The Morgan fingerprint density at radius 3 is 1.57 bits per heavy atom. The molecule has 67 heavy (non-hydrogen) atoms. The lowest BCUT2D eigenvalue weighted by Gasteiger charge is -2.39. The summed E-state index contributed by atoms with van der Waals surface area (Å²) in [7, 11) is 1.72. The van der Waals surface area contributed by atoms with Crippen molar-refractivity contribution in [2.24, 2.45) is 0 Å². The molecule has 2 saturated heterocycles. The molecule has 348 valence electrons. The summed E-state index contributed by atoms with van der Waals surface area (Å²) in [6.07, 6.45) is 2.77. The number of carbonyl (C=O) groups is 2. The summed E-state index contributed by atoms with van der Waals surface area (Å²) in [6.45, 7) is 10.3. The molecule has 0 aliphatic carbocycles. The number of ether oxygens (including phenoxy) is 2. The Morgan fingerprint density at radius 2 is 1.06 bits per heavy atom. The van der Waals surface area contributed by atoms with E-state index < -0.39 is 0 Å². The molecule has 6 aromatic carbocycles. The van der Waals surface area contributed by atoms with Crippen molar-refractivity contribution < 1.29 is 19.1 Å². The fourth-order valence-electron chi connectivity index (χ4n) is 9.89. The maximum atomic E-state index is 12.5. The van der Waals surface area contributed by atoms with E-state index >= 15 is 0 Å². The number of hydrogen-bond donors (Lipinski definition) is 4. The zero-order chi connectivity index (χ0) is 46.4. The number of benzene rings is 6. The molecule has 0 bridgehead atoms. The Morgan fingerprint density at radius 1 is 0.582 bits per heavy atom. The van der Waals surface area contributed by atoms with Gasteiger partial charge in [-0.15, -0.1) is 0 Å². The van der Waals surface area contributed by atoms with Crippen molar-refractivity contribution in [2.75, 3.05) is 53.0 Å². The number of piperidine rings is 2. The summed E-state index contributed by atoms with van der Waals surface area (Å²) < 4.78 is 11.7.